The first-order valence-electron chi connectivity index (χ1n) is 5.48. The van der Waals surface area contributed by atoms with Crippen LogP contribution < -0.4 is 10.6 Å². The smallest absolute Gasteiger partial charge is 0.170 e. The molecule has 1 aromatic heterocycles. The highest BCUT2D eigenvalue weighted by molar-refractivity contribution is 7.80. The molecule has 0 amide bonds. The van der Waals surface area contributed by atoms with Crippen LogP contribution in [0.2, 0.25) is 0 Å². The predicted molar refractivity (Wildman–Crippen MR) is 72.8 cm³/mol. The average Bonchev–Trinajstić information content (AvgIpc) is 2.19. The summed E-state index contributed by atoms with van der Waals surface area (Å²) in [4.78, 5) is 4.37. The highest BCUT2D eigenvalue weighted by Crippen LogP contribution is 2.12. The second-order valence-electron chi connectivity index (χ2n) is 4.31. The van der Waals surface area contributed by atoms with Crippen LogP contribution in [0.1, 0.15) is 25.2 Å². The lowest BCUT2D eigenvalue weighted by Crippen LogP contribution is -2.31. The topological polar surface area (TPSA) is 37.0 Å². The summed E-state index contributed by atoms with van der Waals surface area (Å²) in [6.07, 6.45) is 0. The van der Waals surface area contributed by atoms with Crippen LogP contribution in [-0.2, 0) is 0 Å². The fourth-order valence-electron chi connectivity index (χ4n) is 1.28. The maximum absolute atomic E-state index is 5.20. The summed E-state index contributed by atoms with van der Waals surface area (Å²) in [5.41, 5.74) is 2.95. The normalized spacial score (nSPS) is 10.3. The monoisotopic (exact) mass is 237 g/mol. The third-order valence-electron chi connectivity index (χ3n) is 2.14. The number of thiocarbonyl (C=S) groups is 1. The van der Waals surface area contributed by atoms with Crippen molar-refractivity contribution >= 4 is 23.0 Å². The first-order chi connectivity index (χ1) is 7.49. The molecule has 0 aliphatic heterocycles. The average molecular weight is 237 g/mol. The van der Waals surface area contributed by atoms with E-state index in [1.54, 1.807) is 0 Å². The summed E-state index contributed by atoms with van der Waals surface area (Å²) in [5.74, 6) is 0.581. The van der Waals surface area contributed by atoms with Gasteiger partial charge in [0.05, 0.1) is 11.4 Å². The van der Waals surface area contributed by atoms with Crippen LogP contribution in [0.5, 0.6) is 0 Å². The Bertz CT molecular complexity index is 375. The molecule has 1 aromatic rings. The van der Waals surface area contributed by atoms with Gasteiger partial charge >= 0.3 is 0 Å². The van der Waals surface area contributed by atoms with Crippen LogP contribution in [0.3, 0.4) is 0 Å². The zero-order valence-electron chi connectivity index (χ0n) is 10.3. The first-order valence-corrected chi connectivity index (χ1v) is 5.89. The van der Waals surface area contributed by atoms with E-state index >= 15 is 0 Å². The Morgan fingerprint density at radius 3 is 2.62 bits per heavy atom. The summed E-state index contributed by atoms with van der Waals surface area (Å²) < 4.78 is 0. The molecular formula is C12H19N3S. The third-order valence-corrected chi connectivity index (χ3v) is 2.39. The van der Waals surface area contributed by atoms with E-state index < -0.39 is 0 Å². The largest absolute Gasteiger partial charge is 0.362 e. The van der Waals surface area contributed by atoms with Crippen molar-refractivity contribution in [3.05, 3.63) is 23.5 Å². The van der Waals surface area contributed by atoms with E-state index in [0.717, 1.165) is 23.6 Å². The van der Waals surface area contributed by atoms with Gasteiger partial charge in [-0.25, -0.2) is 0 Å². The molecule has 0 atom stereocenters. The zero-order chi connectivity index (χ0) is 12.1. The summed E-state index contributed by atoms with van der Waals surface area (Å²) in [7, 11) is 0. The molecule has 1 heterocycles. The van der Waals surface area contributed by atoms with E-state index in [1.165, 1.54) is 0 Å². The highest BCUT2D eigenvalue weighted by atomic mass is 32.1. The zero-order valence-corrected chi connectivity index (χ0v) is 11.1. The predicted octanol–water partition coefficient (Wildman–Crippen LogP) is 2.64. The minimum atomic E-state index is 0.581. The van der Waals surface area contributed by atoms with E-state index in [4.69, 9.17) is 12.2 Å². The summed E-state index contributed by atoms with van der Waals surface area (Å²) in [6.45, 7) is 9.12. The van der Waals surface area contributed by atoms with Crippen molar-refractivity contribution in [2.75, 3.05) is 11.9 Å². The number of rotatable bonds is 3. The number of hydrogen-bond donors (Lipinski definition) is 2. The Kier molecular flexibility index (Phi) is 4.68. The number of pyridine rings is 1. The molecule has 0 unspecified atom stereocenters. The fourth-order valence-corrected chi connectivity index (χ4v) is 1.48. The Balaban J connectivity index is 2.56. The SMILES string of the molecule is Cc1ccc(NC(=S)NCC(C)C)c(C)n1. The van der Waals surface area contributed by atoms with Crippen molar-refractivity contribution in [2.45, 2.75) is 27.7 Å². The molecule has 0 bridgehead atoms. The molecule has 0 saturated carbocycles. The van der Waals surface area contributed by atoms with Gasteiger partial charge in [-0.1, -0.05) is 13.8 Å². The van der Waals surface area contributed by atoms with Crippen LogP contribution in [0.25, 0.3) is 0 Å². The van der Waals surface area contributed by atoms with Crippen LogP contribution in [0.4, 0.5) is 5.69 Å². The molecular weight excluding hydrogens is 218 g/mol. The molecule has 0 aliphatic carbocycles. The fraction of sp³-hybridized carbons (Fsp3) is 0.500. The van der Waals surface area contributed by atoms with Crippen LogP contribution in [-0.4, -0.2) is 16.6 Å². The molecule has 0 saturated heterocycles. The first kappa shape index (κ1) is 12.9. The second-order valence-corrected chi connectivity index (χ2v) is 4.72. The molecule has 0 spiro atoms. The van der Waals surface area contributed by atoms with Gasteiger partial charge in [-0.3, -0.25) is 4.98 Å². The van der Waals surface area contributed by atoms with Gasteiger partial charge in [0.2, 0.25) is 0 Å². The van der Waals surface area contributed by atoms with E-state index in [9.17, 15) is 0 Å². The van der Waals surface area contributed by atoms with Gasteiger partial charge < -0.3 is 10.6 Å². The van der Waals surface area contributed by atoms with E-state index in [2.05, 4.69) is 29.5 Å². The number of nitrogens with zero attached hydrogens (tertiary/aromatic N) is 1. The molecule has 0 fully saturated rings. The Morgan fingerprint density at radius 1 is 1.38 bits per heavy atom. The lowest BCUT2D eigenvalue weighted by molar-refractivity contribution is 0.627. The van der Waals surface area contributed by atoms with Crippen molar-refractivity contribution in [3.8, 4) is 0 Å². The number of aryl methyl sites for hydroxylation is 2. The number of aromatic nitrogens is 1. The van der Waals surface area contributed by atoms with Gasteiger partial charge in [0.1, 0.15) is 0 Å². The quantitative estimate of drug-likeness (QED) is 0.793. The lowest BCUT2D eigenvalue weighted by atomic mass is 10.2. The molecule has 0 aromatic carbocycles. The van der Waals surface area contributed by atoms with Crippen LogP contribution in [0.15, 0.2) is 12.1 Å². The molecule has 88 valence electrons. The standard InChI is InChI=1S/C12H19N3S/c1-8(2)7-13-12(16)15-11-6-5-9(3)14-10(11)4/h5-6,8H,7H2,1-4H3,(H2,13,15,16). The van der Waals surface area contributed by atoms with Gasteiger partial charge in [-0.2, -0.15) is 0 Å². The van der Waals surface area contributed by atoms with E-state index in [0.29, 0.717) is 11.0 Å². The lowest BCUT2D eigenvalue weighted by Gasteiger charge is -2.13. The Labute approximate surface area is 103 Å². The van der Waals surface area contributed by atoms with Crippen molar-refractivity contribution in [2.24, 2.45) is 5.92 Å². The van der Waals surface area contributed by atoms with Gasteiger partial charge in [0.15, 0.2) is 5.11 Å². The van der Waals surface area contributed by atoms with Gasteiger partial charge in [0, 0.05) is 12.2 Å². The number of hydrogen-bond acceptors (Lipinski definition) is 2. The molecule has 4 heteroatoms. The third kappa shape index (κ3) is 4.14. The maximum atomic E-state index is 5.20. The Morgan fingerprint density at radius 2 is 2.06 bits per heavy atom. The van der Waals surface area contributed by atoms with Crippen molar-refractivity contribution in [1.29, 1.82) is 0 Å². The van der Waals surface area contributed by atoms with E-state index in [1.807, 2.05) is 26.0 Å². The minimum Gasteiger partial charge on any atom is -0.362 e. The van der Waals surface area contributed by atoms with Crippen molar-refractivity contribution in [3.63, 3.8) is 0 Å². The van der Waals surface area contributed by atoms with Crippen molar-refractivity contribution < 1.29 is 0 Å². The van der Waals surface area contributed by atoms with Crippen LogP contribution in [0, 0.1) is 19.8 Å². The van der Waals surface area contributed by atoms with Gasteiger partial charge in [-0.15, -0.1) is 0 Å². The van der Waals surface area contributed by atoms with E-state index in [-0.39, 0.29) is 0 Å². The highest BCUT2D eigenvalue weighted by Gasteiger charge is 2.02. The molecule has 0 radical (unpaired) electrons. The molecule has 0 aliphatic rings. The summed E-state index contributed by atoms with van der Waals surface area (Å²) in [6, 6.07) is 3.97. The Hall–Kier alpha value is -1.16. The van der Waals surface area contributed by atoms with Crippen LogP contribution >= 0.6 is 12.2 Å². The second kappa shape index (κ2) is 5.80. The van der Waals surface area contributed by atoms with Crippen molar-refractivity contribution in [1.82, 2.24) is 10.3 Å². The molecule has 3 nitrogen and oxygen atoms in total. The van der Waals surface area contributed by atoms with Gasteiger partial charge in [0.25, 0.3) is 0 Å². The summed E-state index contributed by atoms with van der Waals surface area (Å²) >= 11 is 5.20. The molecule has 16 heavy (non-hydrogen) atoms. The van der Waals surface area contributed by atoms with Gasteiger partial charge in [-0.05, 0) is 44.1 Å². The molecule has 1 rings (SSSR count). The summed E-state index contributed by atoms with van der Waals surface area (Å²) in [5, 5.41) is 6.97. The number of anilines is 1. The minimum absolute atomic E-state index is 0.581. The molecule has 2 N–H and O–H groups in total. The number of nitrogens with one attached hydrogen (secondary N) is 2. The maximum Gasteiger partial charge on any atom is 0.170 e.